The van der Waals surface area contributed by atoms with Gasteiger partial charge in [0.2, 0.25) is 0 Å². The third-order valence-corrected chi connectivity index (χ3v) is 3.02. The van der Waals surface area contributed by atoms with E-state index in [1.165, 1.54) is 11.1 Å². The zero-order valence-corrected chi connectivity index (χ0v) is 9.25. The third-order valence-electron chi connectivity index (χ3n) is 3.02. The van der Waals surface area contributed by atoms with Crippen LogP contribution in [-0.2, 0) is 9.53 Å². The summed E-state index contributed by atoms with van der Waals surface area (Å²) in [5.74, 6) is 0.310. The number of benzene rings is 1. The lowest BCUT2D eigenvalue weighted by Gasteiger charge is -2.22. The van der Waals surface area contributed by atoms with Crippen molar-refractivity contribution in [1.82, 2.24) is 0 Å². The van der Waals surface area contributed by atoms with E-state index in [1.807, 2.05) is 0 Å². The maximum absolute atomic E-state index is 11.3. The second kappa shape index (κ2) is 4.15. The molecule has 1 aliphatic rings. The normalized spacial score (nSPS) is 21.7. The number of aryl methyl sites for hydroxylation is 2. The van der Waals surface area contributed by atoms with Gasteiger partial charge in [0.25, 0.3) is 0 Å². The molecule has 0 amide bonds. The zero-order chi connectivity index (χ0) is 10.8. The van der Waals surface area contributed by atoms with Crippen LogP contribution in [0.5, 0.6) is 0 Å². The van der Waals surface area contributed by atoms with E-state index in [1.54, 1.807) is 0 Å². The van der Waals surface area contributed by atoms with Crippen molar-refractivity contribution in [3.05, 3.63) is 34.9 Å². The first kappa shape index (κ1) is 10.4. The molecule has 1 aromatic carbocycles. The minimum Gasteiger partial charge on any atom is -0.373 e. The highest BCUT2D eigenvalue weighted by Gasteiger charge is 2.21. The van der Waals surface area contributed by atoms with Crippen molar-refractivity contribution in [2.75, 3.05) is 6.61 Å². The summed E-state index contributed by atoms with van der Waals surface area (Å²) in [7, 11) is 0. The predicted molar refractivity (Wildman–Crippen MR) is 58.9 cm³/mol. The average Bonchev–Trinajstić information content (AvgIpc) is 2.22. The quantitative estimate of drug-likeness (QED) is 0.703. The van der Waals surface area contributed by atoms with Crippen molar-refractivity contribution in [3.8, 4) is 0 Å². The van der Waals surface area contributed by atoms with Gasteiger partial charge >= 0.3 is 0 Å². The molecule has 0 radical (unpaired) electrons. The summed E-state index contributed by atoms with van der Waals surface area (Å²) < 4.78 is 5.61. The lowest BCUT2D eigenvalue weighted by Crippen LogP contribution is -2.19. The van der Waals surface area contributed by atoms with E-state index >= 15 is 0 Å². The summed E-state index contributed by atoms with van der Waals surface area (Å²) in [4.78, 5) is 11.3. The molecule has 1 aromatic rings. The van der Waals surface area contributed by atoms with Crippen LogP contribution in [0.15, 0.2) is 18.2 Å². The van der Waals surface area contributed by atoms with Gasteiger partial charge in [-0.1, -0.05) is 18.2 Å². The highest BCUT2D eigenvalue weighted by molar-refractivity contribution is 5.79. The SMILES string of the molecule is Cc1ccc(C2CC(=O)CCO2)cc1C. The average molecular weight is 204 g/mol. The lowest BCUT2D eigenvalue weighted by atomic mass is 9.97. The van der Waals surface area contributed by atoms with Gasteiger partial charge in [-0.05, 0) is 30.5 Å². The second-order valence-electron chi connectivity index (χ2n) is 4.20. The van der Waals surface area contributed by atoms with Gasteiger partial charge in [-0.25, -0.2) is 0 Å². The maximum atomic E-state index is 11.3. The Morgan fingerprint density at radius 2 is 2.07 bits per heavy atom. The first-order valence-corrected chi connectivity index (χ1v) is 5.37. The van der Waals surface area contributed by atoms with E-state index in [4.69, 9.17) is 4.74 Å². The monoisotopic (exact) mass is 204 g/mol. The fourth-order valence-electron chi connectivity index (χ4n) is 1.86. The Morgan fingerprint density at radius 3 is 2.73 bits per heavy atom. The molecular weight excluding hydrogens is 188 g/mol. The molecule has 0 N–H and O–H groups in total. The van der Waals surface area contributed by atoms with Gasteiger partial charge in [0.1, 0.15) is 5.78 Å². The molecule has 80 valence electrons. The van der Waals surface area contributed by atoms with E-state index in [0.717, 1.165) is 5.56 Å². The number of rotatable bonds is 1. The minimum absolute atomic E-state index is 0.0226. The second-order valence-corrected chi connectivity index (χ2v) is 4.20. The maximum Gasteiger partial charge on any atom is 0.138 e. The van der Waals surface area contributed by atoms with Crippen LogP contribution in [0, 0.1) is 13.8 Å². The Balaban J connectivity index is 2.21. The summed E-state index contributed by atoms with van der Waals surface area (Å²) in [6.45, 7) is 4.74. The highest BCUT2D eigenvalue weighted by atomic mass is 16.5. The van der Waals surface area contributed by atoms with Crippen LogP contribution in [0.1, 0.15) is 35.6 Å². The Morgan fingerprint density at radius 1 is 1.27 bits per heavy atom. The molecule has 1 heterocycles. The smallest absolute Gasteiger partial charge is 0.138 e. The van der Waals surface area contributed by atoms with E-state index in [9.17, 15) is 4.79 Å². The molecule has 0 bridgehead atoms. The summed E-state index contributed by atoms with van der Waals surface area (Å²) >= 11 is 0. The molecule has 1 fully saturated rings. The molecule has 1 aliphatic heterocycles. The van der Waals surface area contributed by atoms with Crippen LogP contribution < -0.4 is 0 Å². The van der Waals surface area contributed by atoms with Crippen LogP contribution in [0.25, 0.3) is 0 Å². The van der Waals surface area contributed by atoms with Crippen LogP contribution >= 0.6 is 0 Å². The number of ketones is 1. The number of ether oxygens (including phenoxy) is 1. The number of carbonyl (C=O) groups is 1. The molecule has 0 spiro atoms. The van der Waals surface area contributed by atoms with Gasteiger partial charge in [0.15, 0.2) is 0 Å². The molecule has 2 heteroatoms. The van der Waals surface area contributed by atoms with E-state index in [2.05, 4.69) is 32.0 Å². The molecule has 15 heavy (non-hydrogen) atoms. The van der Waals surface area contributed by atoms with Crippen LogP contribution in [0.2, 0.25) is 0 Å². The molecule has 2 nitrogen and oxygen atoms in total. The molecular formula is C13H16O2. The van der Waals surface area contributed by atoms with E-state index in [-0.39, 0.29) is 6.10 Å². The summed E-state index contributed by atoms with van der Waals surface area (Å²) in [5.41, 5.74) is 3.67. The van der Waals surface area contributed by atoms with Crippen molar-refractivity contribution >= 4 is 5.78 Å². The van der Waals surface area contributed by atoms with Gasteiger partial charge in [0, 0.05) is 12.8 Å². The summed E-state index contributed by atoms with van der Waals surface area (Å²) in [5, 5.41) is 0. The number of hydrogen-bond donors (Lipinski definition) is 0. The van der Waals surface area contributed by atoms with Gasteiger partial charge in [0.05, 0.1) is 12.7 Å². The molecule has 1 atom stereocenters. The Kier molecular flexibility index (Phi) is 2.87. The first-order valence-electron chi connectivity index (χ1n) is 5.37. The molecule has 2 rings (SSSR count). The number of carbonyl (C=O) groups excluding carboxylic acids is 1. The largest absolute Gasteiger partial charge is 0.373 e. The Labute approximate surface area is 90.3 Å². The van der Waals surface area contributed by atoms with Crippen LogP contribution in [0.4, 0.5) is 0 Å². The van der Waals surface area contributed by atoms with E-state index in [0.29, 0.717) is 25.2 Å². The van der Waals surface area contributed by atoms with Crippen molar-refractivity contribution in [1.29, 1.82) is 0 Å². The molecule has 1 unspecified atom stereocenters. The van der Waals surface area contributed by atoms with Gasteiger partial charge in [-0.3, -0.25) is 4.79 Å². The summed E-state index contributed by atoms with van der Waals surface area (Å²) in [6.07, 6.45) is 1.08. The standard InChI is InChI=1S/C13H16O2/c1-9-3-4-11(7-10(9)2)13-8-12(14)5-6-15-13/h3-4,7,13H,5-6,8H2,1-2H3. The van der Waals surface area contributed by atoms with Gasteiger partial charge < -0.3 is 4.74 Å². The Bertz CT molecular complexity index is 382. The fourth-order valence-corrected chi connectivity index (χ4v) is 1.86. The topological polar surface area (TPSA) is 26.3 Å². The minimum atomic E-state index is -0.0226. The molecule has 0 aromatic heterocycles. The zero-order valence-electron chi connectivity index (χ0n) is 9.25. The van der Waals surface area contributed by atoms with Crippen LogP contribution in [-0.4, -0.2) is 12.4 Å². The van der Waals surface area contributed by atoms with Crippen molar-refractivity contribution in [3.63, 3.8) is 0 Å². The fraction of sp³-hybridized carbons (Fsp3) is 0.462. The number of hydrogen-bond acceptors (Lipinski definition) is 2. The van der Waals surface area contributed by atoms with Crippen LogP contribution in [0.3, 0.4) is 0 Å². The lowest BCUT2D eigenvalue weighted by molar-refractivity contribution is -0.128. The summed E-state index contributed by atoms with van der Waals surface area (Å²) in [6, 6.07) is 6.28. The Hall–Kier alpha value is -1.15. The van der Waals surface area contributed by atoms with Crippen molar-refractivity contribution < 1.29 is 9.53 Å². The van der Waals surface area contributed by atoms with Gasteiger partial charge in [-0.15, -0.1) is 0 Å². The molecule has 0 aliphatic carbocycles. The predicted octanol–water partition coefficient (Wildman–Crippen LogP) is 2.72. The first-order chi connectivity index (χ1) is 7.16. The molecule has 1 saturated heterocycles. The van der Waals surface area contributed by atoms with Crippen molar-refractivity contribution in [2.24, 2.45) is 0 Å². The van der Waals surface area contributed by atoms with E-state index < -0.39 is 0 Å². The van der Waals surface area contributed by atoms with Gasteiger partial charge in [-0.2, -0.15) is 0 Å². The van der Waals surface area contributed by atoms with Crippen molar-refractivity contribution in [2.45, 2.75) is 32.8 Å². The number of Topliss-reactive ketones (excluding diaryl/α,β-unsaturated/α-hetero) is 1. The third kappa shape index (κ3) is 2.26. The highest BCUT2D eigenvalue weighted by Crippen LogP contribution is 2.27. The molecule has 0 saturated carbocycles.